The van der Waals surface area contributed by atoms with Crippen LogP contribution < -0.4 is 4.90 Å². The third-order valence-electron chi connectivity index (χ3n) is 4.54. The number of hydrogen-bond donors (Lipinski definition) is 0. The Morgan fingerprint density at radius 3 is 2.34 bits per heavy atom. The summed E-state index contributed by atoms with van der Waals surface area (Å²) >= 11 is 7.53. The summed E-state index contributed by atoms with van der Waals surface area (Å²) in [6.07, 6.45) is 0. The van der Waals surface area contributed by atoms with Crippen LogP contribution in [0.2, 0.25) is 5.02 Å². The van der Waals surface area contributed by atoms with Gasteiger partial charge >= 0.3 is 0 Å². The van der Waals surface area contributed by atoms with E-state index >= 15 is 0 Å². The lowest BCUT2D eigenvalue weighted by molar-refractivity contribution is 0.0981. The van der Waals surface area contributed by atoms with E-state index in [1.165, 1.54) is 18.3 Å². The van der Waals surface area contributed by atoms with Gasteiger partial charge < -0.3 is 0 Å². The lowest BCUT2D eigenvalue weighted by atomic mass is 10.1. The molecule has 6 heteroatoms. The second-order valence-corrected chi connectivity index (χ2v) is 8.06. The fraction of sp³-hybridized carbons (Fsp3) is 0.0870. The lowest BCUT2D eigenvalue weighted by Gasteiger charge is -2.20. The number of halogens is 1. The Bertz CT molecular complexity index is 1190. The molecule has 0 fully saturated rings. The third-order valence-corrected chi connectivity index (χ3v) is 5.81. The van der Waals surface area contributed by atoms with Crippen molar-refractivity contribution in [3.8, 4) is 0 Å². The number of aromatic nitrogens is 1. The molecule has 144 valence electrons. The molecular weight excluding hydrogens is 404 g/mol. The van der Waals surface area contributed by atoms with Gasteiger partial charge in [-0.05, 0) is 42.8 Å². The normalized spacial score (nSPS) is 10.8. The number of fused-ring (bicyclic) bond motifs is 1. The number of carbonyl (C=O) groups is 2. The Hall–Kier alpha value is -3.02. The van der Waals surface area contributed by atoms with Gasteiger partial charge in [0.25, 0.3) is 5.91 Å². The lowest BCUT2D eigenvalue weighted by Crippen LogP contribution is -2.30. The molecule has 3 aromatic carbocycles. The zero-order valence-corrected chi connectivity index (χ0v) is 17.2. The molecule has 0 aliphatic heterocycles. The number of Topliss-reactive ketones (excluding diaryl/α,β-unsaturated/α-hetero) is 1. The molecule has 0 spiro atoms. The number of anilines is 1. The van der Waals surface area contributed by atoms with Crippen molar-refractivity contribution in [2.45, 2.75) is 13.5 Å². The highest BCUT2D eigenvalue weighted by molar-refractivity contribution is 7.22. The van der Waals surface area contributed by atoms with E-state index in [0.717, 1.165) is 15.8 Å². The fourth-order valence-corrected chi connectivity index (χ4v) is 4.24. The van der Waals surface area contributed by atoms with E-state index in [2.05, 4.69) is 4.98 Å². The Balaban J connectivity index is 1.74. The van der Waals surface area contributed by atoms with Crippen LogP contribution in [-0.4, -0.2) is 16.7 Å². The molecule has 0 atom stereocenters. The first-order valence-electron chi connectivity index (χ1n) is 9.04. The van der Waals surface area contributed by atoms with Crippen molar-refractivity contribution in [3.63, 3.8) is 0 Å². The quantitative estimate of drug-likeness (QED) is 0.372. The van der Waals surface area contributed by atoms with E-state index in [-0.39, 0.29) is 11.7 Å². The Kier molecular flexibility index (Phi) is 5.43. The van der Waals surface area contributed by atoms with Crippen LogP contribution in [0.3, 0.4) is 0 Å². The molecular formula is C23H17ClN2O2S. The Morgan fingerprint density at radius 2 is 1.66 bits per heavy atom. The first kappa shape index (κ1) is 19.3. The number of thiazole rings is 1. The zero-order valence-electron chi connectivity index (χ0n) is 15.6. The third kappa shape index (κ3) is 4.21. The molecule has 0 N–H and O–H groups in total. The predicted molar refractivity (Wildman–Crippen MR) is 118 cm³/mol. The van der Waals surface area contributed by atoms with Crippen LogP contribution in [0.15, 0.2) is 72.8 Å². The van der Waals surface area contributed by atoms with E-state index in [4.69, 9.17) is 11.6 Å². The monoisotopic (exact) mass is 420 g/mol. The van der Waals surface area contributed by atoms with E-state index in [1.54, 1.807) is 35.2 Å². The van der Waals surface area contributed by atoms with Gasteiger partial charge in [0.2, 0.25) is 0 Å². The number of hydrogen-bond acceptors (Lipinski definition) is 4. The van der Waals surface area contributed by atoms with Crippen molar-refractivity contribution < 1.29 is 9.59 Å². The van der Waals surface area contributed by atoms with Crippen molar-refractivity contribution in [1.29, 1.82) is 0 Å². The van der Waals surface area contributed by atoms with Crippen LogP contribution in [0.4, 0.5) is 5.13 Å². The number of carbonyl (C=O) groups excluding carboxylic acids is 2. The molecule has 0 bridgehead atoms. The van der Waals surface area contributed by atoms with Crippen molar-refractivity contribution in [2.75, 3.05) is 4.90 Å². The zero-order chi connectivity index (χ0) is 20.4. The molecule has 1 aromatic heterocycles. The van der Waals surface area contributed by atoms with E-state index in [1.807, 2.05) is 42.5 Å². The van der Waals surface area contributed by atoms with E-state index < -0.39 is 0 Å². The molecule has 0 aliphatic rings. The number of amides is 1. The van der Waals surface area contributed by atoms with Gasteiger partial charge in [-0.25, -0.2) is 4.98 Å². The smallest absolute Gasteiger partial charge is 0.260 e. The van der Waals surface area contributed by atoms with Crippen LogP contribution >= 0.6 is 22.9 Å². The van der Waals surface area contributed by atoms with Crippen molar-refractivity contribution in [2.24, 2.45) is 0 Å². The van der Waals surface area contributed by atoms with E-state index in [9.17, 15) is 9.59 Å². The van der Waals surface area contributed by atoms with E-state index in [0.29, 0.717) is 27.8 Å². The molecule has 0 saturated carbocycles. The highest BCUT2D eigenvalue weighted by atomic mass is 35.5. The molecule has 0 unspecified atom stereocenters. The second kappa shape index (κ2) is 8.15. The molecule has 0 aliphatic carbocycles. The van der Waals surface area contributed by atoms with Gasteiger partial charge in [0.15, 0.2) is 10.9 Å². The topological polar surface area (TPSA) is 50.3 Å². The summed E-state index contributed by atoms with van der Waals surface area (Å²) in [7, 11) is 0. The maximum Gasteiger partial charge on any atom is 0.260 e. The maximum absolute atomic E-state index is 13.4. The summed E-state index contributed by atoms with van der Waals surface area (Å²) in [6, 6.07) is 22.0. The predicted octanol–water partition coefficient (Wildman–Crippen LogP) is 6.00. The molecule has 4 aromatic rings. The highest BCUT2D eigenvalue weighted by Crippen LogP contribution is 2.32. The van der Waals surface area contributed by atoms with Crippen molar-refractivity contribution in [1.82, 2.24) is 4.98 Å². The molecule has 1 heterocycles. The Labute approximate surface area is 177 Å². The SMILES string of the molecule is CC(=O)c1ccc(C(=O)N(Cc2ccccc2)c2nc3ccc(Cl)cc3s2)cc1. The minimum Gasteiger partial charge on any atom is -0.295 e. The average Bonchev–Trinajstić information content (AvgIpc) is 3.15. The summed E-state index contributed by atoms with van der Waals surface area (Å²) < 4.78 is 0.922. The largest absolute Gasteiger partial charge is 0.295 e. The maximum atomic E-state index is 13.4. The first-order chi connectivity index (χ1) is 14.0. The standard InChI is InChI=1S/C23H17ClN2O2S/c1-15(27)17-7-9-18(10-8-17)22(28)26(14-16-5-3-2-4-6-16)23-25-20-12-11-19(24)13-21(20)29-23/h2-13H,14H2,1H3. The molecule has 0 radical (unpaired) electrons. The average molecular weight is 421 g/mol. The second-order valence-electron chi connectivity index (χ2n) is 6.62. The van der Waals surface area contributed by atoms with Gasteiger partial charge in [-0.1, -0.05) is 65.4 Å². The summed E-state index contributed by atoms with van der Waals surface area (Å²) in [6.45, 7) is 1.90. The summed E-state index contributed by atoms with van der Waals surface area (Å²) in [4.78, 5) is 31.2. The van der Waals surface area contributed by atoms with Gasteiger partial charge in [0.05, 0.1) is 16.8 Å². The van der Waals surface area contributed by atoms with Crippen LogP contribution in [0, 0.1) is 0 Å². The minimum atomic E-state index is -0.172. The summed E-state index contributed by atoms with van der Waals surface area (Å²) in [5.41, 5.74) is 2.87. The summed E-state index contributed by atoms with van der Waals surface area (Å²) in [5, 5.41) is 1.24. The van der Waals surface area contributed by atoms with Gasteiger partial charge in [0.1, 0.15) is 0 Å². The molecule has 0 saturated heterocycles. The van der Waals surface area contributed by atoms with Crippen LogP contribution in [0.1, 0.15) is 33.2 Å². The molecule has 1 amide bonds. The van der Waals surface area contributed by atoms with Crippen LogP contribution in [-0.2, 0) is 6.54 Å². The number of rotatable bonds is 5. The van der Waals surface area contributed by atoms with Crippen molar-refractivity contribution in [3.05, 3.63) is 94.5 Å². The molecule has 29 heavy (non-hydrogen) atoms. The minimum absolute atomic E-state index is 0.0341. The first-order valence-corrected chi connectivity index (χ1v) is 10.2. The summed E-state index contributed by atoms with van der Waals surface area (Å²) in [5.74, 6) is -0.206. The van der Waals surface area contributed by atoms with Crippen LogP contribution in [0.5, 0.6) is 0 Å². The van der Waals surface area contributed by atoms with Gasteiger partial charge in [-0.2, -0.15) is 0 Å². The van der Waals surface area contributed by atoms with Crippen LogP contribution in [0.25, 0.3) is 10.2 Å². The number of nitrogens with zero attached hydrogens (tertiary/aromatic N) is 2. The van der Waals surface area contributed by atoms with Gasteiger partial charge in [0, 0.05) is 16.1 Å². The Morgan fingerprint density at radius 1 is 0.966 bits per heavy atom. The van der Waals surface area contributed by atoms with Crippen molar-refractivity contribution >= 4 is 50.0 Å². The molecule has 4 rings (SSSR count). The molecule has 4 nitrogen and oxygen atoms in total. The highest BCUT2D eigenvalue weighted by Gasteiger charge is 2.22. The number of benzene rings is 3. The van der Waals surface area contributed by atoms with Gasteiger partial charge in [-0.15, -0.1) is 0 Å². The number of ketones is 1. The van der Waals surface area contributed by atoms with Gasteiger partial charge in [-0.3, -0.25) is 14.5 Å². The fourth-order valence-electron chi connectivity index (χ4n) is 3.00.